The highest BCUT2D eigenvalue weighted by atomic mass is 15.1. The Bertz CT molecular complexity index is 745. The first-order valence-electron chi connectivity index (χ1n) is 6.63. The van der Waals surface area contributed by atoms with E-state index in [9.17, 15) is 0 Å². The average Bonchev–Trinajstić information content (AvgIpc) is 2.85. The number of anilines is 2. The van der Waals surface area contributed by atoms with Crippen molar-refractivity contribution in [2.24, 2.45) is 0 Å². The number of nitrogens with two attached hydrogens (primary N) is 1. The lowest BCUT2D eigenvalue weighted by Gasteiger charge is -2.21. The van der Waals surface area contributed by atoms with E-state index >= 15 is 0 Å². The number of rotatable bonds is 3. The minimum atomic E-state index is 0.808. The molecule has 4 nitrogen and oxygen atoms in total. The molecule has 0 unspecified atom stereocenters. The summed E-state index contributed by atoms with van der Waals surface area (Å²) in [5.41, 5.74) is 12.4. The maximum Gasteiger partial charge on any atom is 0.0931 e. The molecule has 0 bridgehead atoms. The number of fused-ring (bicyclic) bond motifs is 1. The first kappa shape index (κ1) is 12.5. The third-order valence-electron chi connectivity index (χ3n) is 3.50. The van der Waals surface area contributed by atoms with Crippen LogP contribution in [0.5, 0.6) is 0 Å². The van der Waals surface area contributed by atoms with Gasteiger partial charge in [-0.3, -0.25) is 0 Å². The first-order chi connectivity index (χ1) is 9.63. The Morgan fingerprint density at radius 1 is 1.20 bits per heavy atom. The molecule has 0 aliphatic carbocycles. The lowest BCUT2D eigenvalue weighted by Crippen LogP contribution is -2.17. The third kappa shape index (κ3) is 2.32. The second-order valence-electron chi connectivity index (χ2n) is 5.17. The van der Waals surface area contributed by atoms with E-state index in [1.54, 1.807) is 6.33 Å². The summed E-state index contributed by atoms with van der Waals surface area (Å²) in [6.45, 7) is 2.86. The van der Waals surface area contributed by atoms with Crippen LogP contribution in [0.3, 0.4) is 0 Å². The van der Waals surface area contributed by atoms with Crippen LogP contribution in [0.4, 0.5) is 11.4 Å². The van der Waals surface area contributed by atoms with E-state index in [4.69, 9.17) is 5.73 Å². The number of imidazole rings is 1. The van der Waals surface area contributed by atoms with Crippen LogP contribution >= 0.6 is 0 Å². The standard InChI is InChI=1S/C16H18N4/c1-11-3-6-16(13(17)7-11)20(2)9-12-4-5-14-15(8-12)19-10-18-14/h3-8,10H,9,17H2,1-2H3,(H,18,19). The van der Waals surface area contributed by atoms with Crippen LogP contribution in [0.15, 0.2) is 42.7 Å². The van der Waals surface area contributed by atoms with Gasteiger partial charge >= 0.3 is 0 Å². The number of hydrogen-bond donors (Lipinski definition) is 2. The van der Waals surface area contributed by atoms with E-state index in [1.807, 2.05) is 19.1 Å². The summed E-state index contributed by atoms with van der Waals surface area (Å²) in [4.78, 5) is 9.53. The molecule has 20 heavy (non-hydrogen) atoms. The topological polar surface area (TPSA) is 57.9 Å². The molecule has 0 saturated carbocycles. The van der Waals surface area contributed by atoms with Crippen molar-refractivity contribution in [1.29, 1.82) is 0 Å². The third-order valence-corrected chi connectivity index (χ3v) is 3.50. The zero-order chi connectivity index (χ0) is 14.1. The molecule has 1 aromatic heterocycles. The number of nitrogens with one attached hydrogen (secondary N) is 1. The number of nitrogens with zero attached hydrogens (tertiary/aromatic N) is 2. The van der Waals surface area contributed by atoms with Gasteiger partial charge in [0.05, 0.1) is 28.7 Å². The van der Waals surface area contributed by atoms with Crippen LogP contribution < -0.4 is 10.6 Å². The molecule has 0 saturated heterocycles. The van der Waals surface area contributed by atoms with Crippen LogP contribution in [0, 0.1) is 6.92 Å². The zero-order valence-corrected chi connectivity index (χ0v) is 11.7. The van der Waals surface area contributed by atoms with Gasteiger partial charge in [0, 0.05) is 13.6 Å². The van der Waals surface area contributed by atoms with Gasteiger partial charge in [0.2, 0.25) is 0 Å². The number of aryl methyl sites for hydroxylation is 1. The quantitative estimate of drug-likeness (QED) is 0.716. The van der Waals surface area contributed by atoms with Crippen molar-refractivity contribution in [2.75, 3.05) is 17.7 Å². The molecular weight excluding hydrogens is 248 g/mol. The highest BCUT2D eigenvalue weighted by Gasteiger charge is 2.07. The largest absolute Gasteiger partial charge is 0.397 e. The number of aromatic nitrogens is 2. The molecule has 0 aliphatic rings. The van der Waals surface area contributed by atoms with Crippen LogP contribution in [-0.2, 0) is 6.54 Å². The Kier molecular flexibility index (Phi) is 3.06. The lowest BCUT2D eigenvalue weighted by atomic mass is 10.1. The van der Waals surface area contributed by atoms with Crippen molar-refractivity contribution in [1.82, 2.24) is 9.97 Å². The fourth-order valence-electron chi connectivity index (χ4n) is 2.46. The molecule has 3 N–H and O–H groups in total. The summed E-state index contributed by atoms with van der Waals surface area (Å²) in [5.74, 6) is 0. The molecule has 0 amide bonds. The van der Waals surface area contributed by atoms with Crippen molar-refractivity contribution in [3.8, 4) is 0 Å². The van der Waals surface area contributed by atoms with E-state index in [0.29, 0.717) is 0 Å². The van der Waals surface area contributed by atoms with Gasteiger partial charge in [-0.05, 0) is 42.3 Å². The van der Waals surface area contributed by atoms with Gasteiger partial charge in [-0.1, -0.05) is 12.1 Å². The van der Waals surface area contributed by atoms with Gasteiger partial charge < -0.3 is 15.6 Å². The second-order valence-corrected chi connectivity index (χ2v) is 5.17. The maximum atomic E-state index is 6.09. The summed E-state index contributed by atoms with van der Waals surface area (Å²) in [5, 5.41) is 0. The number of aromatic amines is 1. The minimum Gasteiger partial charge on any atom is -0.397 e. The second kappa shape index (κ2) is 4.89. The van der Waals surface area contributed by atoms with Crippen molar-refractivity contribution in [3.05, 3.63) is 53.9 Å². The molecule has 2 aromatic carbocycles. The number of nitrogen functional groups attached to an aromatic ring is 1. The Hall–Kier alpha value is -2.49. The SMILES string of the molecule is Cc1ccc(N(C)Cc2ccc3nc[nH]c3c2)c(N)c1. The molecule has 0 atom stereocenters. The van der Waals surface area contributed by atoms with E-state index < -0.39 is 0 Å². The Labute approximate surface area is 118 Å². The Morgan fingerprint density at radius 3 is 2.85 bits per heavy atom. The molecule has 102 valence electrons. The van der Waals surface area contributed by atoms with Crippen molar-refractivity contribution < 1.29 is 0 Å². The Balaban J connectivity index is 1.85. The number of hydrogen-bond acceptors (Lipinski definition) is 3. The first-order valence-corrected chi connectivity index (χ1v) is 6.63. The summed E-state index contributed by atoms with van der Waals surface area (Å²) in [6.07, 6.45) is 1.72. The van der Waals surface area contributed by atoms with Crippen molar-refractivity contribution in [2.45, 2.75) is 13.5 Å². The summed E-state index contributed by atoms with van der Waals surface area (Å²) in [6, 6.07) is 12.4. The fourth-order valence-corrected chi connectivity index (χ4v) is 2.46. The van der Waals surface area contributed by atoms with E-state index in [1.165, 1.54) is 11.1 Å². The van der Waals surface area contributed by atoms with Gasteiger partial charge in [-0.15, -0.1) is 0 Å². The highest BCUT2D eigenvalue weighted by Crippen LogP contribution is 2.25. The van der Waals surface area contributed by atoms with Crippen LogP contribution in [0.2, 0.25) is 0 Å². The molecule has 0 aliphatic heterocycles. The molecule has 3 aromatic rings. The van der Waals surface area contributed by atoms with Gasteiger partial charge in [-0.25, -0.2) is 4.98 Å². The van der Waals surface area contributed by atoms with Gasteiger partial charge in [0.25, 0.3) is 0 Å². The Morgan fingerprint density at radius 2 is 2.05 bits per heavy atom. The normalized spacial score (nSPS) is 10.9. The molecule has 3 rings (SSSR count). The fraction of sp³-hybridized carbons (Fsp3) is 0.188. The molecular formula is C16H18N4. The smallest absolute Gasteiger partial charge is 0.0931 e. The molecule has 0 fully saturated rings. The molecule has 0 spiro atoms. The predicted octanol–water partition coefficient (Wildman–Crippen LogP) is 3.09. The van der Waals surface area contributed by atoms with E-state index in [0.717, 1.165) is 29.0 Å². The van der Waals surface area contributed by atoms with Gasteiger partial charge in [-0.2, -0.15) is 0 Å². The van der Waals surface area contributed by atoms with Crippen molar-refractivity contribution in [3.63, 3.8) is 0 Å². The maximum absolute atomic E-state index is 6.09. The monoisotopic (exact) mass is 266 g/mol. The lowest BCUT2D eigenvalue weighted by molar-refractivity contribution is 0.926. The molecule has 4 heteroatoms. The predicted molar refractivity (Wildman–Crippen MR) is 83.8 cm³/mol. The summed E-state index contributed by atoms with van der Waals surface area (Å²) < 4.78 is 0. The molecule has 1 heterocycles. The van der Waals surface area contributed by atoms with E-state index in [-0.39, 0.29) is 0 Å². The zero-order valence-electron chi connectivity index (χ0n) is 11.7. The molecule has 0 radical (unpaired) electrons. The minimum absolute atomic E-state index is 0.808. The number of benzene rings is 2. The number of H-pyrrole nitrogens is 1. The van der Waals surface area contributed by atoms with Crippen molar-refractivity contribution >= 4 is 22.4 Å². The van der Waals surface area contributed by atoms with Gasteiger partial charge in [0.15, 0.2) is 0 Å². The van der Waals surface area contributed by atoms with Crippen LogP contribution in [-0.4, -0.2) is 17.0 Å². The highest BCUT2D eigenvalue weighted by molar-refractivity contribution is 5.75. The van der Waals surface area contributed by atoms with Crippen LogP contribution in [0.1, 0.15) is 11.1 Å². The average molecular weight is 266 g/mol. The van der Waals surface area contributed by atoms with Crippen LogP contribution in [0.25, 0.3) is 11.0 Å². The summed E-state index contributed by atoms with van der Waals surface area (Å²) >= 11 is 0. The summed E-state index contributed by atoms with van der Waals surface area (Å²) in [7, 11) is 2.05. The van der Waals surface area contributed by atoms with E-state index in [2.05, 4.69) is 46.2 Å². The van der Waals surface area contributed by atoms with Gasteiger partial charge in [0.1, 0.15) is 0 Å².